The van der Waals surface area contributed by atoms with Crippen LogP contribution in [0.5, 0.6) is 0 Å². The number of amides is 2. The molecule has 0 aliphatic carbocycles. The monoisotopic (exact) mass is 464 g/mol. The molecule has 0 aromatic rings. The second-order valence-corrected chi connectivity index (χ2v) is 15.8. The molecular weight excluding hydrogens is 416 g/mol. The number of carbonyl (C=O) groups excluding carboxylic acids is 1. The summed E-state index contributed by atoms with van der Waals surface area (Å²) in [5.41, 5.74) is 0. The van der Waals surface area contributed by atoms with Crippen molar-refractivity contribution in [1.29, 1.82) is 0 Å². The SMILES string of the molecule is CC(C)O[Si](C)(CCCNC(=O)NCCC[Si](C)(OC(C)C)OC(C)C)OC(C)C. The van der Waals surface area contributed by atoms with Crippen molar-refractivity contribution in [1.82, 2.24) is 10.6 Å². The molecule has 9 heteroatoms. The molecule has 0 fully saturated rings. The van der Waals surface area contributed by atoms with Crippen LogP contribution in [0.2, 0.25) is 25.2 Å². The van der Waals surface area contributed by atoms with E-state index in [2.05, 4.69) is 23.7 Å². The molecule has 0 rings (SSSR count). The summed E-state index contributed by atoms with van der Waals surface area (Å²) in [4.78, 5) is 12.1. The number of urea groups is 1. The van der Waals surface area contributed by atoms with Crippen molar-refractivity contribution in [3.05, 3.63) is 0 Å². The highest BCUT2D eigenvalue weighted by Crippen LogP contribution is 2.20. The summed E-state index contributed by atoms with van der Waals surface area (Å²) < 4.78 is 24.4. The minimum atomic E-state index is -2.22. The quantitative estimate of drug-likeness (QED) is 0.251. The molecule has 0 saturated heterocycles. The molecule has 2 N–H and O–H groups in total. The predicted octanol–water partition coefficient (Wildman–Crippen LogP) is 4.91. The van der Waals surface area contributed by atoms with Gasteiger partial charge in [0.2, 0.25) is 0 Å². The van der Waals surface area contributed by atoms with Crippen LogP contribution in [0.15, 0.2) is 0 Å². The maximum absolute atomic E-state index is 12.1. The van der Waals surface area contributed by atoms with E-state index in [1.165, 1.54) is 0 Å². The maximum atomic E-state index is 12.1. The van der Waals surface area contributed by atoms with E-state index in [0.717, 1.165) is 24.9 Å². The lowest BCUT2D eigenvalue weighted by Crippen LogP contribution is -2.44. The Balaban J connectivity index is 4.22. The third-order valence-electron chi connectivity index (χ3n) is 4.13. The van der Waals surface area contributed by atoms with Gasteiger partial charge in [-0.15, -0.1) is 0 Å². The lowest BCUT2D eigenvalue weighted by Gasteiger charge is -2.31. The average Bonchev–Trinajstić information content (AvgIpc) is 2.52. The first-order valence-corrected chi connectivity index (χ1v) is 16.5. The fraction of sp³-hybridized carbons (Fsp3) is 0.952. The second kappa shape index (κ2) is 14.6. The van der Waals surface area contributed by atoms with Gasteiger partial charge in [0.25, 0.3) is 0 Å². The van der Waals surface area contributed by atoms with Gasteiger partial charge in [-0.05, 0) is 93.4 Å². The van der Waals surface area contributed by atoms with Crippen LogP contribution in [0, 0.1) is 0 Å². The molecule has 0 aliphatic heterocycles. The standard InChI is InChI=1S/C21H48N2O5Si2/c1-17(2)25-29(9,26-18(3)4)15-11-13-22-21(24)23-14-12-16-30(10,27-19(5)6)28-20(7)8/h17-20H,11-16H2,1-10H3,(H2,22,23,24). The van der Waals surface area contributed by atoms with Gasteiger partial charge in [0, 0.05) is 37.5 Å². The maximum Gasteiger partial charge on any atom is 0.335 e. The van der Waals surface area contributed by atoms with Crippen LogP contribution in [0.3, 0.4) is 0 Å². The minimum Gasteiger partial charge on any atom is -0.392 e. The summed E-state index contributed by atoms with van der Waals surface area (Å²) in [6.07, 6.45) is 2.25. The number of hydrogen-bond acceptors (Lipinski definition) is 5. The van der Waals surface area contributed by atoms with Crippen molar-refractivity contribution in [3.63, 3.8) is 0 Å². The normalized spacial score (nSPS) is 13.0. The lowest BCUT2D eigenvalue weighted by atomic mass is 10.4. The van der Waals surface area contributed by atoms with Crippen molar-refractivity contribution in [2.24, 2.45) is 0 Å². The molecular formula is C21H48N2O5Si2. The molecule has 0 aromatic heterocycles. The Labute approximate surface area is 187 Å². The van der Waals surface area contributed by atoms with Crippen LogP contribution in [0.25, 0.3) is 0 Å². The zero-order valence-corrected chi connectivity index (χ0v) is 23.1. The molecule has 0 radical (unpaired) electrons. The highest BCUT2D eigenvalue weighted by molar-refractivity contribution is 6.66. The summed E-state index contributed by atoms with van der Waals surface area (Å²) >= 11 is 0. The zero-order chi connectivity index (χ0) is 23.4. The highest BCUT2D eigenvalue weighted by atomic mass is 28.4. The molecule has 0 heterocycles. The Kier molecular flexibility index (Phi) is 14.4. The number of carbonyl (C=O) groups is 1. The van der Waals surface area contributed by atoms with E-state index in [0.29, 0.717) is 13.1 Å². The van der Waals surface area contributed by atoms with Crippen molar-refractivity contribution in [2.45, 2.75) is 118 Å². The first-order valence-electron chi connectivity index (χ1n) is 11.5. The van der Waals surface area contributed by atoms with Crippen molar-refractivity contribution < 1.29 is 22.5 Å². The van der Waals surface area contributed by atoms with Gasteiger partial charge in [-0.2, -0.15) is 0 Å². The first kappa shape index (κ1) is 29.5. The number of nitrogens with one attached hydrogen (secondary N) is 2. The van der Waals surface area contributed by atoms with E-state index >= 15 is 0 Å². The Morgan fingerprint density at radius 1 is 0.633 bits per heavy atom. The van der Waals surface area contributed by atoms with Crippen molar-refractivity contribution in [2.75, 3.05) is 13.1 Å². The third-order valence-corrected chi connectivity index (χ3v) is 10.5. The molecule has 180 valence electrons. The van der Waals surface area contributed by atoms with Gasteiger partial charge in [0.1, 0.15) is 0 Å². The molecule has 30 heavy (non-hydrogen) atoms. The lowest BCUT2D eigenvalue weighted by molar-refractivity contribution is 0.108. The van der Waals surface area contributed by atoms with Crippen LogP contribution in [0.1, 0.15) is 68.2 Å². The smallest absolute Gasteiger partial charge is 0.335 e. The number of hydrogen-bond donors (Lipinski definition) is 2. The topological polar surface area (TPSA) is 78.1 Å². The van der Waals surface area contributed by atoms with Gasteiger partial charge < -0.3 is 28.3 Å². The van der Waals surface area contributed by atoms with Gasteiger partial charge in [0.15, 0.2) is 0 Å². The zero-order valence-electron chi connectivity index (χ0n) is 21.1. The summed E-state index contributed by atoms with van der Waals surface area (Å²) in [6.45, 7) is 21.7. The predicted molar refractivity (Wildman–Crippen MR) is 128 cm³/mol. The Hall–Kier alpha value is -0.456. The fourth-order valence-corrected chi connectivity index (χ4v) is 9.78. The molecule has 0 aliphatic rings. The second-order valence-electron chi connectivity index (χ2n) is 9.32. The van der Waals surface area contributed by atoms with E-state index < -0.39 is 17.1 Å². The first-order chi connectivity index (χ1) is 13.8. The van der Waals surface area contributed by atoms with Gasteiger partial charge in [-0.25, -0.2) is 4.79 Å². The van der Waals surface area contributed by atoms with Crippen molar-refractivity contribution in [3.8, 4) is 0 Å². The third kappa shape index (κ3) is 15.4. The Bertz CT molecular complexity index is 416. The molecule has 2 amide bonds. The van der Waals surface area contributed by atoms with Crippen molar-refractivity contribution >= 4 is 23.2 Å². The molecule has 0 spiro atoms. The molecule has 0 aromatic carbocycles. The average molecular weight is 465 g/mol. The Morgan fingerprint density at radius 2 is 0.900 bits per heavy atom. The van der Waals surface area contributed by atoms with Crippen LogP contribution >= 0.6 is 0 Å². The van der Waals surface area contributed by atoms with E-state index in [9.17, 15) is 4.79 Å². The van der Waals surface area contributed by atoms with Crippen LogP contribution in [-0.2, 0) is 17.7 Å². The number of rotatable bonds is 16. The van der Waals surface area contributed by atoms with Crippen LogP contribution in [-0.4, -0.2) is 60.7 Å². The summed E-state index contributed by atoms with van der Waals surface area (Å²) in [5, 5.41) is 5.87. The van der Waals surface area contributed by atoms with E-state index in [-0.39, 0.29) is 30.4 Å². The summed E-state index contributed by atoms with van der Waals surface area (Å²) in [7, 11) is -4.44. The van der Waals surface area contributed by atoms with Crippen LogP contribution in [0.4, 0.5) is 4.79 Å². The van der Waals surface area contributed by atoms with Gasteiger partial charge in [-0.1, -0.05) is 0 Å². The highest BCUT2D eigenvalue weighted by Gasteiger charge is 2.34. The van der Waals surface area contributed by atoms with Gasteiger partial charge >= 0.3 is 23.2 Å². The largest absolute Gasteiger partial charge is 0.392 e. The fourth-order valence-electron chi connectivity index (χ4n) is 3.57. The summed E-state index contributed by atoms with van der Waals surface area (Å²) in [5.74, 6) is 0. The van der Waals surface area contributed by atoms with Gasteiger partial charge in [0.05, 0.1) is 0 Å². The van der Waals surface area contributed by atoms with E-state index in [1.54, 1.807) is 0 Å². The Morgan fingerprint density at radius 3 is 1.13 bits per heavy atom. The minimum absolute atomic E-state index is 0.133. The van der Waals surface area contributed by atoms with Gasteiger partial charge in [-0.3, -0.25) is 0 Å². The molecule has 0 atom stereocenters. The molecule has 0 saturated carbocycles. The van der Waals surface area contributed by atoms with E-state index in [1.807, 2.05) is 55.4 Å². The van der Waals surface area contributed by atoms with Crippen LogP contribution < -0.4 is 10.6 Å². The summed E-state index contributed by atoms with van der Waals surface area (Å²) in [6, 6.07) is 1.57. The molecule has 0 bridgehead atoms. The molecule has 0 unspecified atom stereocenters. The molecule has 7 nitrogen and oxygen atoms in total. The van der Waals surface area contributed by atoms with E-state index in [4.69, 9.17) is 17.7 Å².